The first-order chi connectivity index (χ1) is 56.3. The lowest BCUT2D eigenvalue weighted by atomic mass is 9.85. The van der Waals surface area contributed by atoms with Gasteiger partial charge in [-0.3, -0.25) is 0 Å². The van der Waals surface area contributed by atoms with Crippen molar-refractivity contribution in [2.45, 2.75) is 92.8 Å². The second-order valence-corrected chi connectivity index (χ2v) is 30.5. The number of furan rings is 4. The SMILES string of the molecule is Cc1cc2oc3c4ccccc4ccc3c2cc1-c1cccc[n+]1C.Cc1cc[n+](C)c(-c2cc3c(cc2C)oc2c4ccccc4ccc32)c1.[2H]C([2H])([2H])C([2H])(C)c1cc[n+](C)c(-c2cc3c(cc2C)oc2c4ccccc4ccc32)c1.[2H]C([2H])(c1cc[n+](C)c(-c2cc3oc4c5ccccc5ccc4c3cc2C)c1)C1CCCCC1. The summed E-state index contributed by atoms with van der Waals surface area (Å²) in [5, 5.41) is 18.3. The van der Waals surface area contributed by atoms with Gasteiger partial charge in [0.1, 0.15) is 72.9 Å². The summed E-state index contributed by atoms with van der Waals surface area (Å²) < 4.78 is 83.5. The molecule has 544 valence electrons. The molecule has 8 heterocycles. The van der Waals surface area contributed by atoms with Crippen molar-refractivity contribution in [3.63, 3.8) is 0 Å². The molecule has 0 bridgehead atoms. The Hall–Kier alpha value is -12.5. The molecule has 12 aromatic carbocycles. The van der Waals surface area contributed by atoms with Crippen molar-refractivity contribution in [1.29, 1.82) is 0 Å². The molecule has 0 aliphatic heterocycles. The lowest BCUT2D eigenvalue weighted by molar-refractivity contribution is -0.660. The van der Waals surface area contributed by atoms with E-state index in [0.29, 0.717) is 5.56 Å². The monoisotopic (exact) mass is 1450 g/mol. The van der Waals surface area contributed by atoms with Gasteiger partial charge in [-0.05, 0) is 192 Å². The summed E-state index contributed by atoms with van der Waals surface area (Å²) in [5.74, 6) is -1.61. The maximum absolute atomic E-state index is 8.96. The van der Waals surface area contributed by atoms with Crippen LogP contribution in [0.5, 0.6) is 0 Å². The molecule has 8 aromatic heterocycles. The first kappa shape index (κ1) is 63.4. The molecule has 1 aliphatic rings. The van der Waals surface area contributed by atoms with E-state index in [0.717, 1.165) is 147 Å². The summed E-state index contributed by atoms with van der Waals surface area (Å²) in [6.07, 6.45) is 12.2. The maximum Gasteiger partial charge on any atom is 0.212 e. The molecule has 0 N–H and O–H groups in total. The average molecular weight is 1460 g/mol. The molecule has 1 atom stereocenters. The molecule has 8 heteroatoms. The van der Waals surface area contributed by atoms with E-state index in [1.807, 2.05) is 68.3 Å². The van der Waals surface area contributed by atoms with Gasteiger partial charge in [0.2, 0.25) is 22.8 Å². The fourth-order valence-electron chi connectivity index (χ4n) is 16.9. The molecule has 8 nitrogen and oxygen atoms in total. The lowest BCUT2D eigenvalue weighted by Gasteiger charge is -2.21. The molecule has 0 spiro atoms. The summed E-state index contributed by atoms with van der Waals surface area (Å²) >= 11 is 0. The van der Waals surface area contributed by atoms with E-state index in [1.54, 1.807) is 6.07 Å². The Morgan fingerprint density at radius 3 is 1.17 bits per heavy atom. The highest BCUT2D eigenvalue weighted by atomic mass is 16.3. The van der Waals surface area contributed by atoms with Gasteiger partial charge in [-0.2, -0.15) is 0 Å². The standard InChI is InChI=1S/C30H30NO.C26H24NO.C24H20NO.C23H18NO/c1-20-16-27-25-13-12-23-10-6-7-11-24(23)30(25)32-29(27)19-26(20)28-18-22(14-15-31(28)2)17-21-8-4-3-5-9-21;1-16(2)19-11-12-27(4)24(14-19)22-15-23-21-10-9-18-7-5-6-8-20(18)26(21)28-25(23)13-17(22)3;1-15-10-11-25(3)22(12-15)20-14-21-19-9-8-17-6-4-5-7-18(17)24(19)26-23(21)13-16(20)2;1-15-13-22-20(14-19(15)21-9-5-6-12-24(21)2)18-11-10-16-7-3-4-8-17(16)23(18)25-22/h6-7,10-16,18-19,21H,3-5,8-9,17H2,1-2H3;5-16H,1-4H3;4-14H,1-3H3;3-14H,1-2H3/q4*+1/i17D2;1D3,16D;;. The van der Waals surface area contributed by atoms with Crippen LogP contribution in [0, 0.1) is 40.5 Å². The quantitative estimate of drug-likeness (QED) is 0.149. The van der Waals surface area contributed by atoms with E-state index < -0.39 is 19.1 Å². The van der Waals surface area contributed by atoms with Crippen LogP contribution in [0.3, 0.4) is 0 Å². The Balaban J connectivity index is 0.000000108. The number of benzene rings is 12. The van der Waals surface area contributed by atoms with E-state index in [2.05, 4.69) is 280 Å². The van der Waals surface area contributed by atoms with Crippen molar-refractivity contribution < 1.29 is 44.2 Å². The zero-order valence-electron chi connectivity index (χ0n) is 70.5. The third-order valence-electron chi connectivity index (χ3n) is 23.0. The molecule has 20 aromatic rings. The van der Waals surface area contributed by atoms with Crippen LogP contribution in [0.4, 0.5) is 0 Å². The number of fused-ring (bicyclic) bond motifs is 20. The first-order valence-corrected chi connectivity index (χ1v) is 38.7. The van der Waals surface area contributed by atoms with Gasteiger partial charge >= 0.3 is 0 Å². The van der Waals surface area contributed by atoms with Gasteiger partial charge in [-0.1, -0.05) is 167 Å². The van der Waals surface area contributed by atoms with E-state index in [1.165, 1.54) is 101 Å². The molecule has 1 saturated carbocycles. The van der Waals surface area contributed by atoms with Crippen molar-refractivity contribution in [2.75, 3.05) is 0 Å². The molecule has 1 fully saturated rings. The molecule has 0 amide bonds. The number of pyridine rings is 4. The van der Waals surface area contributed by atoms with Gasteiger partial charge in [0.05, 0.1) is 5.56 Å². The predicted octanol–water partition coefficient (Wildman–Crippen LogP) is 25.7. The third-order valence-corrected chi connectivity index (χ3v) is 23.0. The highest BCUT2D eigenvalue weighted by Crippen LogP contribution is 2.43. The molecular weight excluding hydrogens is 1360 g/mol. The smallest absolute Gasteiger partial charge is 0.212 e. The average Bonchev–Trinajstić information content (AvgIpc) is 1.63. The van der Waals surface area contributed by atoms with E-state index in [9.17, 15) is 0 Å². The van der Waals surface area contributed by atoms with Crippen LogP contribution in [-0.2, 0) is 34.6 Å². The molecule has 111 heavy (non-hydrogen) atoms. The molecule has 0 radical (unpaired) electrons. The minimum atomic E-state index is -2.43. The van der Waals surface area contributed by atoms with Gasteiger partial charge in [-0.15, -0.1) is 0 Å². The van der Waals surface area contributed by atoms with Gasteiger partial charge < -0.3 is 17.7 Å². The van der Waals surface area contributed by atoms with Gasteiger partial charge in [-0.25, -0.2) is 18.3 Å². The summed E-state index contributed by atoms with van der Waals surface area (Å²) in [6, 6.07) is 86.1. The molecule has 1 unspecified atom stereocenters. The third kappa shape index (κ3) is 13.0. The lowest BCUT2D eigenvalue weighted by Crippen LogP contribution is -2.31. The minimum Gasteiger partial charge on any atom is -0.455 e. The number of aryl methyl sites for hydroxylation is 9. The van der Waals surface area contributed by atoms with E-state index in [4.69, 9.17) is 25.9 Å². The molecule has 1 aliphatic carbocycles. The van der Waals surface area contributed by atoms with E-state index in [-0.39, 0.29) is 5.92 Å². The number of hydrogen-bond donors (Lipinski definition) is 0. The Morgan fingerprint density at radius 1 is 0.342 bits per heavy atom. The van der Waals surface area contributed by atoms with Crippen molar-refractivity contribution in [3.05, 3.63) is 312 Å². The maximum atomic E-state index is 8.96. The predicted molar refractivity (Wildman–Crippen MR) is 459 cm³/mol. The zero-order chi connectivity index (χ0) is 81.1. The van der Waals surface area contributed by atoms with Crippen molar-refractivity contribution in [3.8, 4) is 45.0 Å². The second kappa shape index (κ2) is 28.8. The van der Waals surface area contributed by atoms with Gasteiger partial charge in [0, 0.05) is 138 Å². The second-order valence-electron chi connectivity index (χ2n) is 30.5. The van der Waals surface area contributed by atoms with Crippen LogP contribution < -0.4 is 18.3 Å². The molecular formula is C103H92N4O4+4. The van der Waals surface area contributed by atoms with Crippen molar-refractivity contribution in [1.82, 2.24) is 0 Å². The highest BCUT2D eigenvalue weighted by Gasteiger charge is 2.25. The van der Waals surface area contributed by atoms with Crippen LogP contribution in [0.15, 0.2) is 291 Å². The number of nitrogens with zero attached hydrogens (tertiary/aromatic N) is 4. The Morgan fingerprint density at radius 2 is 0.712 bits per heavy atom. The van der Waals surface area contributed by atoms with Crippen LogP contribution in [0.2, 0.25) is 0 Å². The van der Waals surface area contributed by atoms with E-state index >= 15 is 0 Å². The number of aromatic nitrogens is 4. The van der Waals surface area contributed by atoms with Crippen molar-refractivity contribution in [2.24, 2.45) is 34.1 Å². The minimum absolute atomic E-state index is 0.0917. The topological polar surface area (TPSA) is 68.1 Å². The summed E-state index contributed by atoms with van der Waals surface area (Å²) in [6.45, 7) is 9.62. The summed E-state index contributed by atoms with van der Waals surface area (Å²) in [4.78, 5) is 0. The normalized spacial score (nSPS) is 14.3. The van der Waals surface area contributed by atoms with Crippen molar-refractivity contribution >= 4 is 131 Å². The first-order valence-electron chi connectivity index (χ1n) is 41.7. The largest absolute Gasteiger partial charge is 0.455 e. The van der Waals surface area contributed by atoms with Crippen LogP contribution >= 0.6 is 0 Å². The van der Waals surface area contributed by atoms with Crippen LogP contribution in [0.25, 0.3) is 176 Å². The highest BCUT2D eigenvalue weighted by molar-refractivity contribution is 6.19. The zero-order valence-corrected chi connectivity index (χ0v) is 64.5. The number of rotatable bonds is 7. The Bertz CT molecular complexity index is 7380. The molecule has 21 rings (SSSR count). The summed E-state index contributed by atoms with van der Waals surface area (Å²) in [7, 11) is 8.14. The Kier molecular flexibility index (Phi) is 16.5. The number of hydrogen-bond acceptors (Lipinski definition) is 4. The fourth-order valence-corrected chi connectivity index (χ4v) is 16.9. The van der Waals surface area contributed by atoms with Gasteiger partial charge in [0.15, 0.2) is 24.8 Å². The Labute approximate surface area is 655 Å². The van der Waals surface area contributed by atoms with Crippen LogP contribution in [0.1, 0.15) is 98.9 Å². The fraction of sp³-hybridized carbons (Fsp3) is 0.184. The summed E-state index contributed by atoms with van der Waals surface area (Å²) in [5.41, 5.74) is 23.3. The van der Waals surface area contributed by atoms with Gasteiger partial charge in [0.25, 0.3) is 0 Å². The molecule has 0 saturated heterocycles. The van der Waals surface area contributed by atoms with Crippen LogP contribution in [-0.4, -0.2) is 0 Å².